The van der Waals surface area contributed by atoms with Gasteiger partial charge in [-0.05, 0) is 44.6 Å². The predicted molar refractivity (Wildman–Crippen MR) is 64.5 cm³/mol. The van der Waals surface area contributed by atoms with Crippen LogP contribution in [0.2, 0.25) is 0 Å². The van der Waals surface area contributed by atoms with Gasteiger partial charge in [-0.15, -0.1) is 0 Å². The summed E-state index contributed by atoms with van der Waals surface area (Å²) < 4.78 is 5.42. The van der Waals surface area contributed by atoms with Crippen molar-refractivity contribution in [1.29, 1.82) is 0 Å². The molecule has 0 aromatic rings. The molecule has 0 bridgehead atoms. The second kappa shape index (κ2) is 5.03. The third-order valence-electron chi connectivity index (χ3n) is 4.18. The third kappa shape index (κ3) is 2.96. The van der Waals surface area contributed by atoms with Crippen molar-refractivity contribution in [2.24, 2.45) is 5.92 Å². The lowest BCUT2D eigenvalue weighted by Crippen LogP contribution is -2.36. The van der Waals surface area contributed by atoms with Crippen LogP contribution in [0.1, 0.15) is 32.1 Å². The van der Waals surface area contributed by atoms with Gasteiger partial charge < -0.3 is 15.0 Å². The van der Waals surface area contributed by atoms with Crippen LogP contribution in [0.3, 0.4) is 0 Å². The average molecular weight is 224 g/mol. The molecule has 0 aromatic heterocycles. The van der Waals surface area contributed by atoms with Gasteiger partial charge in [0.1, 0.15) is 0 Å². The van der Waals surface area contributed by atoms with E-state index < -0.39 is 0 Å². The van der Waals surface area contributed by atoms with Gasteiger partial charge in [0, 0.05) is 38.4 Å². The van der Waals surface area contributed by atoms with E-state index >= 15 is 0 Å². The van der Waals surface area contributed by atoms with E-state index in [4.69, 9.17) is 4.74 Å². The lowest BCUT2D eigenvalue weighted by Gasteiger charge is -2.27. The van der Waals surface area contributed by atoms with E-state index in [2.05, 4.69) is 10.2 Å². The molecule has 0 radical (unpaired) electrons. The fraction of sp³-hybridized carbons (Fsp3) is 1.00. The first-order chi connectivity index (χ1) is 7.90. The zero-order valence-electron chi connectivity index (χ0n) is 10.2. The molecule has 2 aliphatic heterocycles. The van der Waals surface area contributed by atoms with E-state index in [1.54, 1.807) is 0 Å². The zero-order chi connectivity index (χ0) is 10.8. The number of hydrogen-bond acceptors (Lipinski definition) is 3. The molecule has 16 heavy (non-hydrogen) atoms. The van der Waals surface area contributed by atoms with Crippen molar-refractivity contribution in [2.75, 3.05) is 32.8 Å². The van der Waals surface area contributed by atoms with Crippen LogP contribution in [0.25, 0.3) is 0 Å². The molecule has 1 aliphatic carbocycles. The third-order valence-corrected chi connectivity index (χ3v) is 4.18. The number of nitrogens with zero attached hydrogens (tertiary/aromatic N) is 1. The van der Waals surface area contributed by atoms with Crippen LogP contribution >= 0.6 is 0 Å². The number of likely N-dealkylation sites (tertiary alicyclic amines) is 1. The summed E-state index contributed by atoms with van der Waals surface area (Å²) in [4.78, 5) is 2.66. The van der Waals surface area contributed by atoms with Crippen molar-refractivity contribution in [3.8, 4) is 0 Å². The highest BCUT2D eigenvalue weighted by atomic mass is 16.5. The van der Waals surface area contributed by atoms with Crippen LogP contribution < -0.4 is 5.32 Å². The zero-order valence-corrected chi connectivity index (χ0v) is 10.2. The predicted octanol–water partition coefficient (Wildman–Crippen LogP) is 1.24. The maximum atomic E-state index is 5.42. The fourth-order valence-corrected chi connectivity index (χ4v) is 3.01. The summed E-state index contributed by atoms with van der Waals surface area (Å²) in [7, 11) is 0. The Morgan fingerprint density at radius 2 is 1.81 bits per heavy atom. The number of hydrogen-bond donors (Lipinski definition) is 1. The van der Waals surface area contributed by atoms with Crippen molar-refractivity contribution < 1.29 is 4.74 Å². The van der Waals surface area contributed by atoms with Crippen LogP contribution in [0.4, 0.5) is 0 Å². The normalized spacial score (nSPS) is 33.4. The first kappa shape index (κ1) is 11.0. The lowest BCUT2D eigenvalue weighted by atomic mass is 10.00. The molecule has 1 atom stereocenters. The van der Waals surface area contributed by atoms with Crippen LogP contribution in [0.15, 0.2) is 0 Å². The monoisotopic (exact) mass is 224 g/mol. The lowest BCUT2D eigenvalue weighted by molar-refractivity contribution is 0.0552. The Balaban J connectivity index is 1.38. The molecule has 1 unspecified atom stereocenters. The van der Waals surface area contributed by atoms with E-state index in [1.165, 1.54) is 51.7 Å². The molecule has 3 fully saturated rings. The molecule has 1 N–H and O–H groups in total. The molecule has 3 aliphatic rings. The highest BCUT2D eigenvalue weighted by Gasteiger charge is 2.30. The molecule has 1 saturated carbocycles. The Morgan fingerprint density at radius 3 is 2.56 bits per heavy atom. The summed E-state index contributed by atoms with van der Waals surface area (Å²) in [5, 5.41) is 3.75. The molecule has 3 heteroatoms. The smallest absolute Gasteiger partial charge is 0.0469 e. The molecule has 2 saturated heterocycles. The van der Waals surface area contributed by atoms with Crippen LogP contribution in [-0.4, -0.2) is 49.8 Å². The van der Waals surface area contributed by atoms with Crippen LogP contribution in [0, 0.1) is 5.92 Å². The molecule has 2 heterocycles. The van der Waals surface area contributed by atoms with Crippen molar-refractivity contribution >= 4 is 0 Å². The minimum atomic E-state index is 0.785. The second-order valence-corrected chi connectivity index (χ2v) is 5.74. The van der Waals surface area contributed by atoms with Gasteiger partial charge in [-0.3, -0.25) is 0 Å². The maximum absolute atomic E-state index is 5.42. The van der Waals surface area contributed by atoms with Crippen LogP contribution in [0.5, 0.6) is 0 Å². The van der Waals surface area contributed by atoms with Crippen molar-refractivity contribution in [2.45, 2.75) is 44.2 Å². The standard InChI is InChI=1S/C13H24N2O/c1-2-12(1)14-13-3-6-15(10-13)9-11-4-7-16-8-5-11/h11-14H,1-10H2. The van der Waals surface area contributed by atoms with Gasteiger partial charge in [-0.25, -0.2) is 0 Å². The molecule has 3 nitrogen and oxygen atoms in total. The van der Waals surface area contributed by atoms with E-state index in [0.717, 1.165) is 31.2 Å². The summed E-state index contributed by atoms with van der Waals surface area (Å²) >= 11 is 0. The Bertz CT molecular complexity index is 224. The number of ether oxygens (including phenoxy) is 1. The van der Waals surface area contributed by atoms with Gasteiger partial charge in [0.2, 0.25) is 0 Å². The average Bonchev–Trinajstić information content (AvgIpc) is 3.01. The maximum Gasteiger partial charge on any atom is 0.0469 e. The van der Waals surface area contributed by atoms with E-state index in [-0.39, 0.29) is 0 Å². The minimum Gasteiger partial charge on any atom is -0.381 e. The van der Waals surface area contributed by atoms with Gasteiger partial charge in [0.05, 0.1) is 0 Å². The molecular weight excluding hydrogens is 200 g/mol. The first-order valence-corrected chi connectivity index (χ1v) is 6.96. The fourth-order valence-electron chi connectivity index (χ4n) is 3.01. The Labute approximate surface area is 98.5 Å². The number of nitrogens with one attached hydrogen (secondary N) is 1. The highest BCUT2D eigenvalue weighted by Crippen LogP contribution is 2.23. The van der Waals surface area contributed by atoms with Crippen molar-refractivity contribution in [3.63, 3.8) is 0 Å². The summed E-state index contributed by atoms with van der Waals surface area (Å²) in [6, 6.07) is 1.65. The SMILES string of the molecule is C1CC(CN2CCC(NC3CC3)C2)CCO1. The second-order valence-electron chi connectivity index (χ2n) is 5.74. The molecule has 0 amide bonds. The minimum absolute atomic E-state index is 0.785. The molecule has 0 aromatic carbocycles. The molecule has 0 spiro atoms. The van der Waals surface area contributed by atoms with Gasteiger partial charge in [0.25, 0.3) is 0 Å². The van der Waals surface area contributed by atoms with Gasteiger partial charge >= 0.3 is 0 Å². The van der Waals surface area contributed by atoms with E-state index in [1.807, 2.05) is 0 Å². The van der Waals surface area contributed by atoms with Crippen molar-refractivity contribution in [3.05, 3.63) is 0 Å². The quantitative estimate of drug-likeness (QED) is 0.777. The Kier molecular flexibility index (Phi) is 3.46. The summed E-state index contributed by atoms with van der Waals surface area (Å²) in [6.07, 6.45) is 6.74. The van der Waals surface area contributed by atoms with Gasteiger partial charge in [-0.1, -0.05) is 0 Å². The van der Waals surface area contributed by atoms with E-state index in [0.29, 0.717) is 0 Å². The summed E-state index contributed by atoms with van der Waals surface area (Å²) in [5.41, 5.74) is 0. The Hall–Kier alpha value is -0.120. The number of rotatable bonds is 4. The Morgan fingerprint density at radius 1 is 1.00 bits per heavy atom. The van der Waals surface area contributed by atoms with Gasteiger partial charge in [-0.2, -0.15) is 0 Å². The van der Waals surface area contributed by atoms with Gasteiger partial charge in [0.15, 0.2) is 0 Å². The summed E-state index contributed by atoms with van der Waals surface area (Å²) in [6.45, 7) is 5.88. The highest BCUT2D eigenvalue weighted by molar-refractivity contribution is 4.90. The molecule has 3 rings (SSSR count). The van der Waals surface area contributed by atoms with Crippen LogP contribution in [-0.2, 0) is 4.74 Å². The van der Waals surface area contributed by atoms with E-state index in [9.17, 15) is 0 Å². The van der Waals surface area contributed by atoms with Crippen molar-refractivity contribution in [1.82, 2.24) is 10.2 Å². The summed E-state index contributed by atoms with van der Waals surface area (Å²) in [5.74, 6) is 0.897. The molecular formula is C13H24N2O. The topological polar surface area (TPSA) is 24.5 Å². The first-order valence-electron chi connectivity index (χ1n) is 6.96. The largest absolute Gasteiger partial charge is 0.381 e. The molecule has 92 valence electrons.